The van der Waals surface area contributed by atoms with E-state index >= 15 is 0 Å². The van der Waals surface area contributed by atoms with E-state index in [4.69, 9.17) is 0 Å². The van der Waals surface area contributed by atoms with Crippen LogP contribution in [0.4, 0.5) is 0 Å². The highest BCUT2D eigenvalue weighted by molar-refractivity contribution is 7.89. The fourth-order valence-corrected chi connectivity index (χ4v) is 1.66. The maximum atomic E-state index is 11.1. The third kappa shape index (κ3) is 8.17. The molecular formula is C7H17NO4S. The van der Waals surface area contributed by atoms with E-state index in [0.717, 1.165) is 0 Å². The fourth-order valence-electron chi connectivity index (χ4n) is 0.552. The standard InChI is InChI=1S/C7H17NO4S/c1-7(2,9)6-8-13(10,11)5-4-12-3/h8-9H,4-6H2,1-3H3. The van der Waals surface area contributed by atoms with Crippen molar-refractivity contribution in [2.24, 2.45) is 0 Å². The molecule has 0 radical (unpaired) electrons. The lowest BCUT2D eigenvalue weighted by molar-refractivity contribution is 0.0856. The zero-order valence-corrected chi connectivity index (χ0v) is 9.02. The number of methoxy groups -OCH3 is 1. The summed E-state index contributed by atoms with van der Waals surface area (Å²) in [5.74, 6) is -0.0837. The molecule has 0 saturated heterocycles. The molecule has 0 rings (SSSR count). The minimum Gasteiger partial charge on any atom is -0.389 e. The summed E-state index contributed by atoms with van der Waals surface area (Å²) in [6.07, 6.45) is 0. The summed E-state index contributed by atoms with van der Waals surface area (Å²) in [6.45, 7) is 3.23. The van der Waals surface area contributed by atoms with Gasteiger partial charge in [0, 0.05) is 13.7 Å². The molecule has 6 heteroatoms. The van der Waals surface area contributed by atoms with Gasteiger partial charge < -0.3 is 9.84 Å². The first-order valence-electron chi connectivity index (χ1n) is 3.95. The van der Waals surface area contributed by atoms with Gasteiger partial charge in [0.25, 0.3) is 0 Å². The summed E-state index contributed by atoms with van der Waals surface area (Å²) < 4.78 is 29.2. The first-order chi connectivity index (χ1) is 5.77. The molecule has 0 fully saturated rings. The van der Waals surface area contributed by atoms with E-state index in [1.54, 1.807) is 0 Å². The van der Waals surface area contributed by atoms with Gasteiger partial charge in [0.15, 0.2) is 0 Å². The molecule has 0 saturated carbocycles. The van der Waals surface area contributed by atoms with Crippen molar-refractivity contribution in [1.82, 2.24) is 4.72 Å². The van der Waals surface area contributed by atoms with E-state index in [1.165, 1.54) is 21.0 Å². The highest BCUT2D eigenvalue weighted by Crippen LogP contribution is 1.98. The van der Waals surface area contributed by atoms with Crippen LogP contribution in [0.5, 0.6) is 0 Å². The van der Waals surface area contributed by atoms with Crippen LogP contribution in [-0.4, -0.2) is 45.1 Å². The summed E-state index contributed by atoms with van der Waals surface area (Å²) in [4.78, 5) is 0. The summed E-state index contributed by atoms with van der Waals surface area (Å²) in [7, 11) is -1.88. The quantitative estimate of drug-likeness (QED) is 0.610. The molecular weight excluding hydrogens is 194 g/mol. The Morgan fingerprint density at radius 3 is 2.38 bits per heavy atom. The van der Waals surface area contributed by atoms with E-state index in [9.17, 15) is 13.5 Å². The Hall–Kier alpha value is -0.170. The van der Waals surface area contributed by atoms with Gasteiger partial charge in [0.05, 0.1) is 18.0 Å². The van der Waals surface area contributed by atoms with Gasteiger partial charge in [0.1, 0.15) is 0 Å². The highest BCUT2D eigenvalue weighted by Gasteiger charge is 2.17. The van der Waals surface area contributed by atoms with Crippen LogP contribution >= 0.6 is 0 Å². The summed E-state index contributed by atoms with van der Waals surface area (Å²) in [5, 5.41) is 9.25. The second-order valence-corrected chi connectivity index (χ2v) is 5.37. The average Bonchev–Trinajstić information content (AvgIpc) is 1.97. The van der Waals surface area contributed by atoms with Crippen LogP contribution in [0.15, 0.2) is 0 Å². The molecule has 0 bridgehead atoms. The second-order valence-electron chi connectivity index (χ2n) is 3.45. The van der Waals surface area contributed by atoms with Gasteiger partial charge in [0.2, 0.25) is 10.0 Å². The molecule has 0 aliphatic carbocycles. The van der Waals surface area contributed by atoms with Crippen LogP contribution in [0.25, 0.3) is 0 Å². The summed E-state index contributed by atoms with van der Waals surface area (Å²) in [5.41, 5.74) is -1.03. The topological polar surface area (TPSA) is 75.6 Å². The maximum absolute atomic E-state index is 11.1. The number of nitrogens with one attached hydrogen (secondary N) is 1. The summed E-state index contributed by atoms with van der Waals surface area (Å²) >= 11 is 0. The molecule has 0 unspecified atom stereocenters. The van der Waals surface area contributed by atoms with E-state index < -0.39 is 15.6 Å². The molecule has 0 aromatic heterocycles. The Labute approximate surface area is 79.1 Å². The van der Waals surface area contributed by atoms with E-state index in [0.29, 0.717) is 0 Å². The Balaban J connectivity index is 3.91. The van der Waals surface area contributed by atoms with E-state index in [1.807, 2.05) is 0 Å². The van der Waals surface area contributed by atoms with Gasteiger partial charge in [-0.25, -0.2) is 13.1 Å². The fraction of sp³-hybridized carbons (Fsp3) is 1.00. The number of ether oxygens (including phenoxy) is 1. The minimum atomic E-state index is -3.31. The SMILES string of the molecule is COCCS(=O)(=O)NCC(C)(C)O. The number of hydrogen-bond donors (Lipinski definition) is 2. The second kappa shape index (κ2) is 4.90. The van der Waals surface area contributed by atoms with Crippen molar-refractivity contribution in [3.63, 3.8) is 0 Å². The number of sulfonamides is 1. The predicted molar refractivity (Wildman–Crippen MR) is 50.0 cm³/mol. The highest BCUT2D eigenvalue weighted by atomic mass is 32.2. The first-order valence-corrected chi connectivity index (χ1v) is 5.61. The molecule has 0 amide bonds. The largest absolute Gasteiger partial charge is 0.389 e. The van der Waals surface area contributed by atoms with E-state index in [-0.39, 0.29) is 18.9 Å². The predicted octanol–water partition coefficient (Wildman–Crippen LogP) is -0.677. The molecule has 0 spiro atoms. The molecule has 0 heterocycles. The van der Waals surface area contributed by atoms with Crippen LogP contribution in [0, 0.1) is 0 Å². The lowest BCUT2D eigenvalue weighted by Gasteiger charge is -2.17. The number of aliphatic hydroxyl groups is 1. The summed E-state index contributed by atoms with van der Waals surface area (Å²) in [6, 6.07) is 0. The molecule has 80 valence electrons. The zero-order chi connectivity index (χ0) is 10.5. The smallest absolute Gasteiger partial charge is 0.213 e. The van der Waals surface area contributed by atoms with Crippen LogP contribution < -0.4 is 4.72 Å². The van der Waals surface area contributed by atoms with Crippen LogP contribution in [0.1, 0.15) is 13.8 Å². The van der Waals surface area contributed by atoms with Crippen molar-refractivity contribution in [3.8, 4) is 0 Å². The van der Waals surface area contributed by atoms with E-state index in [2.05, 4.69) is 9.46 Å². The Morgan fingerprint density at radius 2 is 2.00 bits per heavy atom. The van der Waals surface area contributed by atoms with Gasteiger partial charge in [-0.15, -0.1) is 0 Å². The first kappa shape index (κ1) is 12.8. The van der Waals surface area contributed by atoms with Gasteiger partial charge >= 0.3 is 0 Å². The molecule has 0 aromatic carbocycles. The molecule has 0 aliphatic rings. The average molecular weight is 211 g/mol. The van der Waals surface area contributed by atoms with Crippen molar-refractivity contribution in [1.29, 1.82) is 0 Å². The molecule has 2 N–H and O–H groups in total. The molecule has 0 aromatic rings. The van der Waals surface area contributed by atoms with Gasteiger partial charge in [-0.1, -0.05) is 0 Å². The van der Waals surface area contributed by atoms with Crippen molar-refractivity contribution in [3.05, 3.63) is 0 Å². The zero-order valence-electron chi connectivity index (χ0n) is 8.20. The molecule has 5 nitrogen and oxygen atoms in total. The molecule has 13 heavy (non-hydrogen) atoms. The van der Waals surface area contributed by atoms with Gasteiger partial charge in [-0.3, -0.25) is 0 Å². The number of hydrogen-bond acceptors (Lipinski definition) is 4. The van der Waals surface area contributed by atoms with Crippen molar-refractivity contribution < 1.29 is 18.3 Å². The Kier molecular flexibility index (Phi) is 4.83. The normalized spacial score (nSPS) is 13.2. The number of rotatable bonds is 6. The van der Waals surface area contributed by atoms with Crippen LogP contribution in [-0.2, 0) is 14.8 Å². The van der Waals surface area contributed by atoms with Gasteiger partial charge in [-0.2, -0.15) is 0 Å². The minimum absolute atomic E-state index is 0.0129. The lowest BCUT2D eigenvalue weighted by Crippen LogP contribution is -2.39. The molecule has 0 atom stereocenters. The monoisotopic (exact) mass is 211 g/mol. The van der Waals surface area contributed by atoms with Crippen LogP contribution in [0.2, 0.25) is 0 Å². The third-order valence-corrected chi connectivity index (χ3v) is 2.57. The Bertz CT molecular complexity index is 229. The van der Waals surface area contributed by atoms with Crippen molar-refractivity contribution in [2.45, 2.75) is 19.4 Å². The molecule has 0 aliphatic heterocycles. The van der Waals surface area contributed by atoms with Crippen molar-refractivity contribution >= 4 is 10.0 Å². The Morgan fingerprint density at radius 1 is 1.46 bits per heavy atom. The lowest BCUT2D eigenvalue weighted by atomic mass is 10.1. The third-order valence-electron chi connectivity index (χ3n) is 1.28. The van der Waals surface area contributed by atoms with Crippen LogP contribution in [0.3, 0.4) is 0 Å². The van der Waals surface area contributed by atoms with Gasteiger partial charge in [-0.05, 0) is 13.8 Å². The maximum Gasteiger partial charge on any atom is 0.213 e. The van der Waals surface area contributed by atoms with Crippen molar-refractivity contribution in [2.75, 3.05) is 26.0 Å².